The minimum atomic E-state index is -0.0635. The van der Waals surface area contributed by atoms with Crippen LogP contribution in [0.25, 0.3) is 11.3 Å². The molecule has 1 aliphatic rings. The van der Waals surface area contributed by atoms with E-state index < -0.39 is 0 Å². The van der Waals surface area contributed by atoms with E-state index in [2.05, 4.69) is 28.7 Å². The molecule has 1 atom stereocenters. The molecule has 4 rings (SSSR count). The number of hydrogen-bond donors (Lipinski definition) is 0. The average Bonchev–Trinajstić information content (AvgIpc) is 3.06. The lowest BCUT2D eigenvalue weighted by Gasteiger charge is -2.33. The van der Waals surface area contributed by atoms with Gasteiger partial charge in [0, 0.05) is 28.6 Å². The number of carbonyl (C=O) groups excluding carboxylic acids is 1. The van der Waals surface area contributed by atoms with E-state index in [-0.39, 0.29) is 11.8 Å². The molecule has 0 aliphatic carbocycles. The molecule has 2 aromatic heterocycles. The summed E-state index contributed by atoms with van der Waals surface area (Å²) in [7, 11) is 0. The predicted octanol–water partition coefficient (Wildman–Crippen LogP) is 5.14. The minimum absolute atomic E-state index is 0.0307. The van der Waals surface area contributed by atoms with Gasteiger partial charge in [-0.2, -0.15) is 0 Å². The normalized spacial score (nSPS) is 16.0. The summed E-state index contributed by atoms with van der Waals surface area (Å²) >= 11 is 7.88. The maximum absolute atomic E-state index is 12.4. The Labute approximate surface area is 173 Å². The Balaban J connectivity index is 1.86. The number of rotatable bonds is 3. The highest BCUT2D eigenvalue weighted by molar-refractivity contribution is 7.16. The van der Waals surface area contributed by atoms with Crippen molar-refractivity contribution < 1.29 is 4.79 Å². The van der Waals surface area contributed by atoms with Crippen LogP contribution in [-0.4, -0.2) is 27.3 Å². The molecule has 0 N–H and O–H groups in total. The molecule has 0 fully saturated rings. The van der Waals surface area contributed by atoms with Crippen molar-refractivity contribution in [3.05, 3.63) is 80.9 Å². The van der Waals surface area contributed by atoms with Crippen LogP contribution >= 0.6 is 22.9 Å². The van der Waals surface area contributed by atoms with Crippen molar-refractivity contribution in [2.75, 3.05) is 6.54 Å². The maximum Gasteiger partial charge on any atom is 0.246 e. The number of aryl methyl sites for hydroxylation is 2. The first-order valence-corrected chi connectivity index (χ1v) is 10.3. The third-order valence-corrected chi connectivity index (χ3v) is 6.25. The highest BCUT2D eigenvalue weighted by Crippen LogP contribution is 2.42. The molecule has 1 aliphatic heterocycles. The first-order chi connectivity index (χ1) is 13.5. The average molecular weight is 410 g/mol. The summed E-state index contributed by atoms with van der Waals surface area (Å²) in [6.07, 6.45) is 1.38. The number of carbonyl (C=O) groups is 1. The lowest BCUT2D eigenvalue weighted by Crippen LogP contribution is -2.37. The molecule has 6 heteroatoms. The molecule has 0 bridgehead atoms. The van der Waals surface area contributed by atoms with E-state index >= 15 is 0 Å². The number of thiophene rings is 1. The molecule has 28 heavy (non-hydrogen) atoms. The second-order valence-electron chi connectivity index (χ2n) is 6.93. The van der Waals surface area contributed by atoms with Crippen LogP contribution in [0.1, 0.15) is 33.4 Å². The summed E-state index contributed by atoms with van der Waals surface area (Å²) in [5, 5.41) is 0. The molecular weight excluding hydrogens is 390 g/mol. The molecule has 142 valence electrons. The van der Waals surface area contributed by atoms with Crippen LogP contribution in [0.5, 0.6) is 0 Å². The Kier molecular flexibility index (Phi) is 5.04. The number of aromatic nitrogens is 2. The van der Waals surface area contributed by atoms with Gasteiger partial charge in [-0.1, -0.05) is 42.4 Å². The van der Waals surface area contributed by atoms with Crippen LogP contribution in [0.3, 0.4) is 0 Å². The van der Waals surface area contributed by atoms with E-state index in [1.807, 2.05) is 43.0 Å². The van der Waals surface area contributed by atoms with Gasteiger partial charge < -0.3 is 4.90 Å². The molecule has 0 unspecified atom stereocenters. The molecule has 0 spiro atoms. The number of halogens is 1. The van der Waals surface area contributed by atoms with E-state index in [4.69, 9.17) is 11.6 Å². The molecule has 4 nitrogen and oxygen atoms in total. The topological polar surface area (TPSA) is 46.1 Å². The summed E-state index contributed by atoms with van der Waals surface area (Å²) in [6, 6.07) is 12.3. The van der Waals surface area contributed by atoms with Crippen molar-refractivity contribution in [2.45, 2.75) is 26.3 Å². The third kappa shape index (κ3) is 3.48. The van der Waals surface area contributed by atoms with Crippen LogP contribution in [-0.2, 0) is 11.3 Å². The predicted molar refractivity (Wildman–Crippen MR) is 114 cm³/mol. The zero-order valence-electron chi connectivity index (χ0n) is 15.8. The van der Waals surface area contributed by atoms with Gasteiger partial charge in [-0.25, -0.2) is 9.97 Å². The standard InChI is InChI=1S/C22H20ClN3OS/c1-4-22(27)26-11-18(17-10-21(23)28-20(17)12-26)15-7-5-6-8-16(15)19-9-13(2)24-14(3)25-19/h4-10,18H,1,11-12H2,2-3H3/t18-/m1/s1. The van der Waals surface area contributed by atoms with Gasteiger partial charge >= 0.3 is 0 Å². The minimum Gasteiger partial charge on any atom is -0.333 e. The summed E-state index contributed by atoms with van der Waals surface area (Å²) in [5.41, 5.74) is 5.22. The second-order valence-corrected chi connectivity index (χ2v) is 8.70. The summed E-state index contributed by atoms with van der Waals surface area (Å²) in [5.74, 6) is 0.714. The van der Waals surface area contributed by atoms with Crippen LogP contribution in [0.2, 0.25) is 4.34 Å². The summed E-state index contributed by atoms with van der Waals surface area (Å²) in [4.78, 5) is 24.4. The Morgan fingerprint density at radius 2 is 2.04 bits per heavy atom. The number of nitrogens with zero attached hydrogens (tertiary/aromatic N) is 3. The van der Waals surface area contributed by atoms with Gasteiger partial charge in [-0.3, -0.25) is 4.79 Å². The van der Waals surface area contributed by atoms with Crippen LogP contribution < -0.4 is 0 Å². The molecular formula is C22H20ClN3OS. The number of benzene rings is 1. The lowest BCUT2D eigenvalue weighted by atomic mass is 9.84. The fourth-order valence-electron chi connectivity index (χ4n) is 3.84. The highest BCUT2D eigenvalue weighted by atomic mass is 35.5. The van der Waals surface area contributed by atoms with E-state index in [1.165, 1.54) is 23.0 Å². The van der Waals surface area contributed by atoms with E-state index in [0.29, 0.717) is 13.1 Å². The molecule has 0 radical (unpaired) electrons. The number of fused-ring (bicyclic) bond motifs is 1. The van der Waals surface area contributed by atoms with Crippen molar-refractivity contribution in [1.29, 1.82) is 0 Å². The van der Waals surface area contributed by atoms with E-state index in [1.54, 1.807) is 0 Å². The first kappa shape index (κ1) is 18.8. The summed E-state index contributed by atoms with van der Waals surface area (Å²) in [6.45, 7) is 8.69. The maximum atomic E-state index is 12.4. The smallest absolute Gasteiger partial charge is 0.246 e. The van der Waals surface area contributed by atoms with Crippen molar-refractivity contribution in [2.24, 2.45) is 0 Å². The van der Waals surface area contributed by atoms with Crippen molar-refractivity contribution >= 4 is 28.8 Å². The first-order valence-electron chi connectivity index (χ1n) is 9.07. The van der Waals surface area contributed by atoms with Crippen molar-refractivity contribution in [3.63, 3.8) is 0 Å². The Morgan fingerprint density at radius 3 is 2.79 bits per heavy atom. The van der Waals surface area contributed by atoms with Gasteiger partial charge in [0.15, 0.2) is 0 Å². The van der Waals surface area contributed by atoms with E-state index in [0.717, 1.165) is 37.6 Å². The van der Waals surface area contributed by atoms with Crippen molar-refractivity contribution in [1.82, 2.24) is 14.9 Å². The molecule has 0 saturated carbocycles. The molecule has 3 aromatic rings. The monoisotopic (exact) mass is 409 g/mol. The Morgan fingerprint density at radius 1 is 1.25 bits per heavy atom. The van der Waals surface area contributed by atoms with Gasteiger partial charge in [0.05, 0.1) is 16.6 Å². The fraction of sp³-hybridized carbons (Fsp3) is 0.227. The lowest BCUT2D eigenvalue weighted by molar-refractivity contribution is -0.127. The highest BCUT2D eigenvalue weighted by Gasteiger charge is 2.31. The van der Waals surface area contributed by atoms with Crippen LogP contribution in [0, 0.1) is 13.8 Å². The zero-order valence-corrected chi connectivity index (χ0v) is 17.3. The molecule has 1 amide bonds. The zero-order chi connectivity index (χ0) is 19.8. The van der Waals surface area contributed by atoms with Gasteiger partial charge in [-0.05, 0) is 43.2 Å². The van der Waals surface area contributed by atoms with Crippen molar-refractivity contribution in [3.8, 4) is 11.3 Å². The van der Waals surface area contributed by atoms with Crippen LogP contribution in [0.15, 0.2) is 49.1 Å². The number of amides is 1. The number of hydrogen-bond acceptors (Lipinski definition) is 4. The quantitative estimate of drug-likeness (QED) is 0.563. The van der Waals surface area contributed by atoms with Gasteiger partial charge in [0.2, 0.25) is 5.91 Å². The molecule has 0 saturated heterocycles. The fourth-order valence-corrected chi connectivity index (χ4v) is 5.19. The van der Waals surface area contributed by atoms with Gasteiger partial charge in [0.25, 0.3) is 0 Å². The van der Waals surface area contributed by atoms with E-state index in [9.17, 15) is 4.79 Å². The molecule has 3 heterocycles. The molecule has 1 aromatic carbocycles. The Bertz CT molecular complexity index is 1060. The Hall–Kier alpha value is -2.50. The third-order valence-electron chi connectivity index (χ3n) is 4.99. The SMILES string of the molecule is C=CC(=O)N1Cc2sc(Cl)cc2[C@@H](c2ccccc2-c2cc(C)nc(C)n2)C1. The summed E-state index contributed by atoms with van der Waals surface area (Å²) < 4.78 is 0.745. The van der Waals surface area contributed by atoms with Crippen LogP contribution in [0.4, 0.5) is 0 Å². The van der Waals surface area contributed by atoms with Gasteiger partial charge in [-0.15, -0.1) is 11.3 Å². The largest absolute Gasteiger partial charge is 0.333 e. The van der Waals surface area contributed by atoms with Gasteiger partial charge in [0.1, 0.15) is 5.82 Å². The second kappa shape index (κ2) is 7.49.